The van der Waals surface area contributed by atoms with Crippen molar-refractivity contribution in [2.75, 3.05) is 13.7 Å². The molecule has 1 heterocycles. The van der Waals surface area contributed by atoms with Crippen LogP contribution in [0.5, 0.6) is 5.75 Å². The Kier molecular flexibility index (Phi) is 3.99. The van der Waals surface area contributed by atoms with Crippen LogP contribution in [0.25, 0.3) is 0 Å². The molecule has 0 radical (unpaired) electrons. The molecule has 1 aromatic carbocycles. The smallest absolute Gasteiger partial charge is 0.119 e. The highest BCUT2D eigenvalue weighted by Crippen LogP contribution is 2.23. The molecule has 1 atom stereocenters. The monoisotopic (exact) mass is 245 g/mol. The minimum Gasteiger partial charge on any atom is -0.494 e. The maximum atomic E-state index is 5.45. The lowest BCUT2D eigenvalue weighted by molar-refractivity contribution is 0.340. The molecule has 0 spiro atoms. The average Bonchev–Trinajstić information content (AvgIpc) is 2.79. The van der Waals surface area contributed by atoms with E-state index in [0.29, 0.717) is 6.61 Å². The van der Waals surface area contributed by atoms with E-state index in [1.807, 2.05) is 50.2 Å². The van der Waals surface area contributed by atoms with Crippen LogP contribution in [0.3, 0.4) is 0 Å². The fourth-order valence-electron chi connectivity index (χ4n) is 2.04. The number of aryl methyl sites for hydroxylation is 1. The number of rotatable bonds is 5. The van der Waals surface area contributed by atoms with Gasteiger partial charge in [0.1, 0.15) is 5.75 Å². The maximum absolute atomic E-state index is 5.45. The highest BCUT2D eigenvalue weighted by molar-refractivity contribution is 5.34. The molecular weight excluding hydrogens is 226 g/mol. The lowest BCUT2D eigenvalue weighted by atomic mass is 10.0. The molecule has 0 saturated heterocycles. The molecule has 1 N–H and O–H groups in total. The summed E-state index contributed by atoms with van der Waals surface area (Å²) in [7, 11) is 3.88. The number of aromatic nitrogens is 2. The van der Waals surface area contributed by atoms with Crippen LogP contribution in [-0.4, -0.2) is 23.4 Å². The summed E-state index contributed by atoms with van der Waals surface area (Å²) in [6, 6.07) is 8.33. The maximum Gasteiger partial charge on any atom is 0.119 e. The molecule has 96 valence electrons. The Morgan fingerprint density at radius 3 is 2.50 bits per heavy atom. The van der Waals surface area contributed by atoms with Crippen LogP contribution in [0.2, 0.25) is 0 Å². The fourth-order valence-corrected chi connectivity index (χ4v) is 2.04. The zero-order valence-electron chi connectivity index (χ0n) is 11.1. The van der Waals surface area contributed by atoms with Crippen molar-refractivity contribution in [1.29, 1.82) is 0 Å². The van der Waals surface area contributed by atoms with Crippen molar-refractivity contribution in [2.45, 2.75) is 13.0 Å². The van der Waals surface area contributed by atoms with Gasteiger partial charge in [-0.3, -0.25) is 4.68 Å². The van der Waals surface area contributed by atoms with E-state index < -0.39 is 0 Å². The zero-order valence-corrected chi connectivity index (χ0v) is 11.1. The summed E-state index contributed by atoms with van der Waals surface area (Å²) < 4.78 is 7.26. The van der Waals surface area contributed by atoms with Gasteiger partial charge in [-0.05, 0) is 31.7 Å². The molecule has 0 saturated carbocycles. The van der Waals surface area contributed by atoms with E-state index in [2.05, 4.69) is 22.5 Å². The van der Waals surface area contributed by atoms with E-state index in [0.717, 1.165) is 11.3 Å². The molecular formula is C14H19N3O. The van der Waals surface area contributed by atoms with E-state index in [9.17, 15) is 0 Å². The van der Waals surface area contributed by atoms with Crippen molar-refractivity contribution < 1.29 is 4.74 Å². The average molecular weight is 245 g/mol. The van der Waals surface area contributed by atoms with E-state index in [4.69, 9.17) is 4.74 Å². The number of nitrogens with zero attached hydrogens (tertiary/aromatic N) is 2. The van der Waals surface area contributed by atoms with Crippen molar-refractivity contribution in [2.24, 2.45) is 7.05 Å². The van der Waals surface area contributed by atoms with Crippen LogP contribution in [0.4, 0.5) is 0 Å². The summed E-state index contributed by atoms with van der Waals surface area (Å²) in [6.07, 6.45) is 3.91. The van der Waals surface area contributed by atoms with E-state index in [1.54, 1.807) is 0 Å². The largest absolute Gasteiger partial charge is 0.494 e. The van der Waals surface area contributed by atoms with E-state index in [-0.39, 0.29) is 6.04 Å². The second kappa shape index (κ2) is 5.69. The highest BCUT2D eigenvalue weighted by atomic mass is 16.5. The first-order chi connectivity index (χ1) is 8.74. The third-order valence-electron chi connectivity index (χ3n) is 2.87. The van der Waals surface area contributed by atoms with Gasteiger partial charge < -0.3 is 10.1 Å². The van der Waals surface area contributed by atoms with Gasteiger partial charge in [-0.25, -0.2) is 0 Å². The minimum atomic E-state index is 0.161. The third-order valence-corrected chi connectivity index (χ3v) is 2.87. The summed E-state index contributed by atoms with van der Waals surface area (Å²) in [5, 5.41) is 7.52. The van der Waals surface area contributed by atoms with Gasteiger partial charge in [-0.15, -0.1) is 0 Å². The van der Waals surface area contributed by atoms with Crippen LogP contribution in [0, 0.1) is 0 Å². The summed E-state index contributed by atoms with van der Waals surface area (Å²) >= 11 is 0. The minimum absolute atomic E-state index is 0.161. The first kappa shape index (κ1) is 12.6. The number of ether oxygens (including phenoxy) is 1. The number of hydrogen-bond donors (Lipinski definition) is 1. The topological polar surface area (TPSA) is 39.1 Å². The molecule has 1 unspecified atom stereocenters. The first-order valence-electron chi connectivity index (χ1n) is 6.13. The highest BCUT2D eigenvalue weighted by Gasteiger charge is 2.13. The molecule has 18 heavy (non-hydrogen) atoms. The van der Waals surface area contributed by atoms with Gasteiger partial charge in [0.15, 0.2) is 0 Å². The third kappa shape index (κ3) is 2.71. The molecule has 0 fully saturated rings. The molecule has 0 aliphatic carbocycles. The summed E-state index contributed by atoms with van der Waals surface area (Å²) in [5.41, 5.74) is 2.36. The number of hydrogen-bond acceptors (Lipinski definition) is 3. The standard InChI is InChI=1S/C14H19N3O/c1-4-18-13-7-5-11(6-8-13)14(15-2)12-9-16-17(3)10-12/h5-10,14-15H,4H2,1-3H3. The van der Waals surface area contributed by atoms with Crippen molar-refractivity contribution >= 4 is 0 Å². The summed E-state index contributed by atoms with van der Waals surface area (Å²) in [4.78, 5) is 0. The van der Waals surface area contributed by atoms with Gasteiger partial charge in [-0.2, -0.15) is 5.10 Å². The molecule has 4 heteroatoms. The van der Waals surface area contributed by atoms with Crippen LogP contribution in [-0.2, 0) is 7.05 Å². The Morgan fingerprint density at radius 1 is 1.28 bits per heavy atom. The van der Waals surface area contributed by atoms with Crippen LogP contribution < -0.4 is 10.1 Å². The Balaban J connectivity index is 2.22. The Bertz CT molecular complexity index is 490. The molecule has 0 bridgehead atoms. The Labute approximate surface area is 108 Å². The van der Waals surface area contributed by atoms with Crippen molar-refractivity contribution in [3.05, 3.63) is 47.8 Å². The SMILES string of the molecule is CCOc1ccc(C(NC)c2cnn(C)c2)cc1. The quantitative estimate of drug-likeness (QED) is 0.877. The lowest BCUT2D eigenvalue weighted by Crippen LogP contribution is -2.17. The summed E-state index contributed by atoms with van der Waals surface area (Å²) in [5.74, 6) is 0.905. The van der Waals surface area contributed by atoms with Crippen LogP contribution in [0.15, 0.2) is 36.7 Å². The van der Waals surface area contributed by atoms with Gasteiger partial charge in [0.05, 0.1) is 18.8 Å². The van der Waals surface area contributed by atoms with E-state index >= 15 is 0 Å². The molecule has 0 aliphatic rings. The van der Waals surface area contributed by atoms with E-state index in [1.165, 1.54) is 5.56 Å². The zero-order chi connectivity index (χ0) is 13.0. The molecule has 4 nitrogen and oxygen atoms in total. The van der Waals surface area contributed by atoms with Crippen LogP contribution >= 0.6 is 0 Å². The molecule has 0 amide bonds. The predicted molar refractivity (Wildman–Crippen MR) is 71.7 cm³/mol. The van der Waals surface area contributed by atoms with Gasteiger partial charge in [0.2, 0.25) is 0 Å². The fraction of sp³-hybridized carbons (Fsp3) is 0.357. The lowest BCUT2D eigenvalue weighted by Gasteiger charge is -2.15. The van der Waals surface area contributed by atoms with Crippen molar-refractivity contribution in [3.8, 4) is 5.75 Å². The number of benzene rings is 1. The Morgan fingerprint density at radius 2 is 2.00 bits per heavy atom. The molecule has 2 rings (SSSR count). The van der Waals surface area contributed by atoms with Gasteiger partial charge in [0, 0.05) is 18.8 Å². The number of nitrogens with one attached hydrogen (secondary N) is 1. The first-order valence-corrected chi connectivity index (χ1v) is 6.13. The van der Waals surface area contributed by atoms with Gasteiger partial charge >= 0.3 is 0 Å². The van der Waals surface area contributed by atoms with Gasteiger partial charge in [-0.1, -0.05) is 12.1 Å². The second-order valence-corrected chi connectivity index (χ2v) is 4.17. The van der Waals surface area contributed by atoms with Crippen molar-refractivity contribution in [1.82, 2.24) is 15.1 Å². The normalized spacial score (nSPS) is 12.4. The molecule has 0 aliphatic heterocycles. The van der Waals surface area contributed by atoms with Crippen LogP contribution in [0.1, 0.15) is 24.1 Å². The molecule has 2 aromatic rings. The van der Waals surface area contributed by atoms with Crippen molar-refractivity contribution in [3.63, 3.8) is 0 Å². The molecule has 1 aromatic heterocycles. The predicted octanol–water partition coefficient (Wildman–Crippen LogP) is 2.13. The summed E-state index contributed by atoms with van der Waals surface area (Å²) in [6.45, 7) is 2.68. The Hall–Kier alpha value is -1.81. The second-order valence-electron chi connectivity index (χ2n) is 4.17. The van der Waals surface area contributed by atoms with Gasteiger partial charge in [0.25, 0.3) is 0 Å².